The fraction of sp³-hybridized carbons (Fsp3) is 0.760. The van der Waals surface area contributed by atoms with Gasteiger partial charge in [0.25, 0.3) is 5.91 Å². The molecule has 5 aliphatic heterocycles. The van der Waals surface area contributed by atoms with Gasteiger partial charge in [0, 0.05) is 56.0 Å². The van der Waals surface area contributed by atoms with Gasteiger partial charge >= 0.3 is 12.1 Å². The van der Waals surface area contributed by atoms with Gasteiger partial charge in [-0.05, 0) is 86.5 Å². The van der Waals surface area contributed by atoms with Crippen molar-refractivity contribution in [1.82, 2.24) is 15.1 Å². The number of nitrogens with zero attached hydrogens (tertiary/aromatic N) is 2. The van der Waals surface area contributed by atoms with Gasteiger partial charge in [0.1, 0.15) is 24.1 Å². The Kier molecular flexibility index (Phi) is 16.7. The lowest BCUT2D eigenvalue weighted by Gasteiger charge is -2.50. The van der Waals surface area contributed by atoms with Crippen molar-refractivity contribution < 1.29 is 67.3 Å². The Morgan fingerprint density at radius 2 is 1.64 bits per heavy atom. The molecule has 0 radical (unpaired) electrons. The molecule has 3 N–H and O–H groups in total. The van der Waals surface area contributed by atoms with Crippen molar-refractivity contribution in [3.63, 3.8) is 0 Å². The average molecular weight is 944 g/mol. The number of Topliss-reactive ketones (excluding diaryl/α,β-unsaturated/α-hetero) is 1. The number of amides is 2. The van der Waals surface area contributed by atoms with E-state index in [2.05, 4.69) is 5.32 Å². The number of aliphatic hydroxyl groups is 2. The first kappa shape index (κ1) is 52.8. The molecule has 4 fully saturated rings. The highest BCUT2D eigenvalue weighted by molar-refractivity contribution is 5.97. The van der Waals surface area contributed by atoms with Crippen LogP contribution in [0.4, 0.5) is 4.79 Å². The molecule has 0 aliphatic carbocycles. The fourth-order valence-electron chi connectivity index (χ4n) is 11.5. The number of benzene rings is 1. The van der Waals surface area contributed by atoms with E-state index in [1.165, 1.54) is 12.0 Å². The summed E-state index contributed by atoms with van der Waals surface area (Å²) in [5, 5.41) is 26.1. The summed E-state index contributed by atoms with van der Waals surface area (Å²) in [6.07, 6.45) is -4.66. The molecular weight excluding hydrogens is 867 g/mol. The van der Waals surface area contributed by atoms with Gasteiger partial charge < -0.3 is 58.3 Å². The molecule has 17 heteroatoms. The number of nitrogens with one attached hydrogen (secondary N) is 1. The second kappa shape index (κ2) is 21.2. The van der Waals surface area contributed by atoms with E-state index in [-0.39, 0.29) is 62.8 Å². The quantitative estimate of drug-likeness (QED) is 0.317. The lowest BCUT2D eigenvalue weighted by atomic mass is 9.73. The van der Waals surface area contributed by atoms with E-state index in [1.54, 1.807) is 58.9 Å². The van der Waals surface area contributed by atoms with Gasteiger partial charge in [0.2, 0.25) is 0 Å². The van der Waals surface area contributed by atoms with Crippen molar-refractivity contribution in [2.24, 2.45) is 23.7 Å². The average Bonchev–Trinajstić information content (AvgIpc) is 3.54. The van der Waals surface area contributed by atoms with Gasteiger partial charge in [-0.25, -0.2) is 4.79 Å². The van der Waals surface area contributed by atoms with Crippen LogP contribution in [0.2, 0.25) is 0 Å². The van der Waals surface area contributed by atoms with Crippen molar-refractivity contribution in [3.05, 3.63) is 41.5 Å². The van der Waals surface area contributed by atoms with E-state index in [1.807, 2.05) is 65.7 Å². The Morgan fingerprint density at radius 3 is 2.31 bits per heavy atom. The van der Waals surface area contributed by atoms with Crippen molar-refractivity contribution in [2.75, 3.05) is 40.9 Å². The molecule has 18 atom stereocenters. The Balaban J connectivity index is 1.57. The molecule has 0 saturated carbocycles. The minimum atomic E-state index is -1.51. The number of cyclic esters (lactones) is 1. The van der Waals surface area contributed by atoms with E-state index in [9.17, 15) is 24.6 Å². The molecule has 4 unspecified atom stereocenters. The molecule has 1 aromatic carbocycles. The van der Waals surface area contributed by atoms with E-state index < -0.39 is 108 Å². The smallest absolute Gasteiger partial charge is 0.410 e. The number of ether oxygens (including phenoxy) is 8. The molecule has 6 rings (SSSR count). The normalized spacial score (nSPS) is 43.3. The highest BCUT2D eigenvalue weighted by atomic mass is 16.7. The molecule has 5 heterocycles. The molecule has 0 aromatic heterocycles. The van der Waals surface area contributed by atoms with Crippen molar-refractivity contribution >= 4 is 29.8 Å². The first-order chi connectivity index (χ1) is 31.5. The Bertz CT molecular complexity index is 1950. The van der Waals surface area contributed by atoms with E-state index in [0.717, 1.165) is 0 Å². The third-order valence-electron chi connectivity index (χ3n) is 15.3. The number of likely N-dealkylation sites (N-methyl/N-ethyl adjacent to an activating group) is 1. The van der Waals surface area contributed by atoms with Crippen LogP contribution in [0.1, 0.15) is 111 Å². The molecule has 4 saturated heterocycles. The van der Waals surface area contributed by atoms with Crippen LogP contribution in [-0.4, -0.2) is 169 Å². The van der Waals surface area contributed by atoms with Crippen LogP contribution in [0.25, 0.3) is 6.08 Å². The lowest BCUT2D eigenvalue weighted by Crippen LogP contribution is -2.62. The first-order valence-electron chi connectivity index (χ1n) is 24.1. The van der Waals surface area contributed by atoms with Gasteiger partial charge in [-0.15, -0.1) is 0 Å². The van der Waals surface area contributed by atoms with Crippen LogP contribution >= 0.6 is 0 Å². The zero-order valence-electron chi connectivity index (χ0n) is 41.8. The zero-order valence-corrected chi connectivity index (χ0v) is 41.8. The van der Waals surface area contributed by atoms with Gasteiger partial charge in [0.05, 0.1) is 54.2 Å². The van der Waals surface area contributed by atoms with Crippen LogP contribution < -0.4 is 5.32 Å². The SMILES string of the molecule is CC[C@H]1OC(=O)C(C)C(OC2C[C@@](C)(OC)[C@@H](O)[C@H](C)O2)[C@H](C)[C@@H](OC2O[C@H](C)C[C@H](N(C)C)[C@H]2O)[C@]2(C)C[C@@H](C)C(=O)[C@H](C)[C@H]3N(CCNC(=O)c4ccccc4/C=C/CO2)C(=O)O[C@]13C. The first-order valence-corrected chi connectivity index (χ1v) is 24.1. The molecule has 1 aromatic rings. The van der Waals surface area contributed by atoms with Gasteiger partial charge in [-0.1, -0.05) is 58.0 Å². The second-order valence-electron chi connectivity index (χ2n) is 20.5. The summed E-state index contributed by atoms with van der Waals surface area (Å²) >= 11 is 0. The van der Waals surface area contributed by atoms with E-state index >= 15 is 4.79 Å². The Labute approximate surface area is 396 Å². The Hall–Kier alpha value is -3.52. The lowest BCUT2D eigenvalue weighted by molar-refractivity contribution is -0.320. The second-order valence-corrected chi connectivity index (χ2v) is 20.5. The summed E-state index contributed by atoms with van der Waals surface area (Å²) in [6, 6.07) is 5.87. The van der Waals surface area contributed by atoms with E-state index in [4.69, 9.17) is 37.9 Å². The van der Waals surface area contributed by atoms with Crippen molar-refractivity contribution in [1.29, 1.82) is 0 Å². The largest absolute Gasteiger partial charge is 0.458 e. The summed E-state index contributed by atoms with van der Waals surface area (Å²) in [6.45, 7) is 18.0. The number of hydrogen-bond acceptors (Lipinski definition) is 15. The fourth-order valence-corrected chi connectivity index (χ4v) is 11.5. The molecule has 376 valence electrons. The summed E-state index contributed by atoms with van der Waals surface area (Å²) < 4.78 is 52.4. The topological polar surface area (TPSA) is 201 Å². The maximum atomic E-state index is 15.2. The molecule has 2 bridgehead atoms. The highest BCUT2D eigenvalue weighted by Gasteiger charge is 2.61. The molecule has 0 spiro atoms. The van der Waals surface area contributed by atoms with Crippen LogP contribution in [0, 0.1) is 23.7 Å². The van der Waals surface area contributed by atoms with Gasteiger partial charge in [0.15, 0.2) is 18.2 Å². The minimum Gasteiger partial charge on any atom is -0.458 e. The third-order valence-corrected chi connectivity index (χ3v) is 15.3. The van der Waals surface area contributed by atoms with Crippen LogP contribution in [0.5, 0.6) is 0 Å². The number of aliphatic hydroxyl groups excluding tert-OH is 2. The predicted octanol–water partition coefficient (Wildman–Crippen LogP) is 4.73. The third kappa shape index (κ3) is 10.8. The Morgan fingerprint density at radius 1 is 0.940 bits per heavy atom. The summed E-state index contributed by atoms with van der Waals surface area (Å²) in [5.74, 6) is -4.65. The summed E-state index contributed by atoms with van der Waals surface area (Å²) in [5.41, 5.74) is -2.94. The van der Waals surface area contributed by atoms with Gasteiger partial charge in [-0.2, -0.15) is 0 Å². The monoisotopic (exact) mass is 944 g/mol. The van der Waals surface area contributed by atoms with Crippen molar-refractivity contribution in [3.8, 4) is 0 Å². The number of esters is 1. The molecular formula is C50H77N3O14. The van der Waals surface area contributed by atoms with Crippen LogP contribution in [-0.2, 0) is 47.5 Å². The van der Waals surface area contributed by atoms with Crippen LogP contribution in [0.3, 0.4) is 0 Å². The minimum absolute atomic E-state index is 0.00473. The number of ketones is 1. The molecule has 2 amide bonds. The summed E-state index contributed by atoms with van der Waals surface area (Å²) in [7, 11) is 5.28. The number of carbonyl (C=O) groups is 4. The standard InChI is InChI=1S/C50H77N3O14/c1-14-36-50(10)41-29(4)38(54)27(2)25-49(9,61-23-17-19-33-18-15-16-20-34(33)44(57)51-21-22-53(41)47(59)67-50)43(66-46-39(55)35(52(11)12)24-28(3)62-46)30(5)40(31(6)45(58)64-36)65-37-26-48(8,60-13)42(56)32(7)63-37/h15-20,27-32,35-37,39-43,46,55-56H,14,21-26H2,1-13H3,(H,51,57)/b19-17+/t27-,28-,29+,30+,31?,32+,35+,36-,37?,39-,40?,41-,42+,43-,46?,48-,49+,50-/m1/s1. The van der Waals surface area contributed by atoms with Gasteiger partial charge in [-0.3, -0.25) is 19.3 Å². The van der Waals surface area contributed by atoms with E-state index in [0.29, 0.717) is 17.5 Å². The summed E-state index contributed by atoms with van der Waals surface area (Å²) in [4.78, 5) is 61.4. The maximum Gasteiger partial charge on any atom is 0.410 e. The number of hydrogen-bond donors (Lipinski definition) is 3. The molecule has 5 aliphatic rings. The number of methoxy groups -OCH3 is 1. The number of rotatable bonds is 7. The zero-order chi connectivity index (χ0) is 49.3. The van der Waals surface area contributed by atoms with Crippen LogP contribution in [0.15, 0.2) is 30.3 Å². The number of fused-ring (bicyclic) bond motifs is 5. The molecule has 17 nitrogen and oxygen atoms in total. The molecule has 67 heavy (non-hydrogen) atoms. The highest BCUT2D eigenvalue weighted by Crippen LogP contribution is 2.45. The van der Waals surface area contributed by atoms with Crippen molar-refractivity contribution in [2.45, 2.75) is 179 Å². The number of carbonyl (C=O) groups excluding carboxylic acids is 4. The predicted molar refractivity (Wildman–Crippen MR) is 247 cm³/mol. The maximum absolute atomic E-state index is 15.2.